The fourth-order valence-electron chi connectivity index (χ4n) is 3.40. The maximum absolute atomic E-state index is 4.74. The van der Waals surface area contributed by atoms with Crippen LogP contribution in [0.2, 0.25) is 0 Å². The summed E-state index contributed by atoms with van der Waals surface area (Å²) in [5, 5.41) is 6.94. The Morgan fingerprint density at radius 2 is 2.20 bits per heavy atom. The number of piperidine rings is 1. The Bertz CT molecular complexity index is 436. The molecule has 4 nitrogen and oxygen atoms in total. The molecule has 1 aromatic heterocycles. The molecule has 0 saturated carbocycles. The number of rotatable bonds is 2. The Morgan fingerprint density at radius 3 is 2.85 bits per heavy atom. The van der Waals surface area contributed by atoms with Crippen LogP contribution in [0.4, 0.5) is 5.82 Å². The van der Waals surface area contributed by atoms with Crippen molar-refractivity contribution >= 4 is 5.82 Å². The lowest BCUT2D eigenvalue weighted by Gasteiger charge is -2.36. The lowest BCUT2D eigenvalue weighted by atomic mass is 9.77. The van der Waals surface area contributed by atoms with Gasteiger partial charge >= 0.3 is 0 Å². The minimum absolute atomic E-state index is 0.249. The van der Waals surface area contributed by atoms with Crippen LogP contribution in [0.15, 0.2) is 18.3 Å². The molecule has 0 spiro atoms. The highest BCUT2D eigenvalue weighted by molar-refractivity contribution is 5.42. The molecule has 2 aliphatic rings. The third-order valence-corrected chi connectivity index (χ3v) is 4.84. The number of aromatic nitrogens is 1. The van der Waals surface area contributed by atoms with Gasteiger partial charge in [-0.1, -0.05) is 13.0 Å². The number of hydrogen-bond acceptors (Lipinski definition) is 4. The maximum atomic E-state index is 4.74. The van der Waals surface area contributed by atoms with Gasteiger partial charge in [-0.05, 0) is 37.9 Å². The van der Waals surface area contributed by atoms with Crippen molar-refractivity contribution in [1.29, 1.82) is 0 Å². The first kappa shape index (κ1) is 13.8. The van der Waals surface area contributed by atoms with Gasteiger partial charge in [0.25, 0.3) is 0 Å². The summed E-state index contributed by atoms with van der Waals surface area (Å²) in [5.41, 5.74) is 1.62. The third kappa shape index (κ3) is 2.67. The van der Waals surface area contributed by atoms with Crippen LogP contribution in [-0.4, -0.2) is 43.7 Å². The van der Waals surface area contributed by atoms with Gasteiger partial charge in [-0.25, -0.2) is 4.98 Å². The van der Waals surface area contributed by atoms with Crippen molar-refractivity contribution in [3.63, 3.8) is 0 Å². The zero-order chi connectivity index (χ0) is 14.0. The Morgan fingerprint density at radius 1 is 1.30 bits per heavy atom. The first-order valence-corrected chi connectivity index (χ1v) is 7.84. The fourth-order valence-corrected chi connectivity index (χ4v) is 3.40. The van der Waals surface area contributed by atoms with Crippen LogP contribution in [0.1, 0.15) is 32.3 Å². The molecule has 2 fully saturated rings. The lowest BCUT2D eigenvalue weighted by Crippen LogP contribution is -2.50. The van der Waals surface area contributed by atoms with E-state index in [9.17, 15) is 0 Å². The van der Waals surface area contributed by atoms with E-state index in [0.29, 0.717) is 6.04 Å². The molecule has 20 heavy (non-hydrogen) atoms. The van der Waals surface area contributed by atoms with E-state index in [1.54, 1.807) is 0 Å². The van der Waals surface area contributed by atoms with E-state index in [1.165, 1.54) is 18.4 Å². The summed E-state index contributed by atoms with van der Waals surface area (Å²) in [6, 6.07) is 5.01. The molecule has 3 heterocycles. The normalized spacial score (nSPS) is 31.3. The molecule has 0 aromatic carbocycles. The number of hydrogen-bond donors (Lipinski definition) is 2. The SMILES string of the molecule is C[C@H]1CNCCN1c1ccc(C2(C)CCCNC2)cn1. The minimum atomic E-state index is 0.249. The summed E-state index contributed by atoms with van der Waals surface area (Å²) in [4.78, 5) is 7.15. The first-order valence-electron chi connectivity index (χ1n) is 7.84. The average Bonchev–Trinajstić information content (AvgIpc) is 2.49. The predicted molar refractivity (Wildman–Crippen MR) is 83.4 cm³/mol. The van der Waals surface area contributed by atoms with Crippen LogP contribution in [0.3, 0.4) is 0 Å². The standard InChI is InChI=1S/C16H26N4/c1-13-10-17-8-9-20(13)15-5-4-14(11-19-15)16(2)6-3-7-18-12-16/h4-5,11,13,17-18H,3,6-10,12H2,1-2H3/t13-,16?/m0/s1. The second-order valence-electron chi connectivity index (χ2n) is 6.49. The molecule has 0 bridgehead atoms. The Balaban J connectivity index is 1.77. The maximum Gasteiger partial charge on any atom is 0.128 e. The van der Waals surface area contributed by atoms with Gasteiger partial charge < -0.3 is 15.5 Å². The molecule has 110 valence electrons. The van der Waals surface area contributed by atoms with E-state index in [4.69, 9.17) is 4.98 Å². The van der Waals surface area contributed by atoms with Crippen molar-refractivity contribution in [2.75, 3.05) is 37.6 Å². The Kier molecular flexibility index (Phi) is 3.94. The van der Waals surface area contributed by atoms with Crippen molar-refractivity contribution in [3.05, 3.63) is 23.9 Å². The van der Waals surface area contributed by atoms with Crippen LogP contribution in [0.25, 0.3) is 0 Å². The van der Waals surface area contributed by atoms with Crippen molar-refractivity contribution in [3.8, 4) is 0 Å². The van der Waals surface area contributed by atoms with E-state index in [0.717, 1.165) is 38.5 Å². The van der Waals surface area contributed by atoms with Crippen LogP contribution < -0.4 is 15.5 Å². The van der Waals surface area contributed by atoms with E-state index in [-0.39, 0.29) is 5.41 Å². The molecule has 1 aromatic rings. The summed E-state index contributed by atoms with van der Waals surface area (Å²) >= 11 is 0. The molecule has 2 atom stereocenters. The molecule has 2 N–H and O–H groups in total. The van der Waals surface area contributed by atoms with Gasteiger partial charge in [0.2, 0.25) is 0 Å². The number of piperazine rings is 1. The summed E-state index contributed by atoms with van der Waals surface area (Å²) in [6.07, 6.45) is 4.61. The zero-order valence-electron chi connectivity index (χ0n) is 12.7. The fraction of sp³-hybridized carbons (Fsp3) is 0.688. The second-order valence-corrected chi connectivity index (χ2v) is 6.49. The van der Waals surface area contributed by atoms with Crippen LogP contribution in [-0.2, 0) is 5.41 Å². The highest BCUT2D eigenvalue weighted by atomic mass is 15.3. The average molecular weight is 274 g/mol. The van der Waals surface area contributed by atoms with Crippen LogP contribution >= 0.6 is 0 Å². The van der Waals surface area contributed by atoms with E-state index >= 15 is 0 Å². The van der Waals surface area contributed by atoms with E-state index in [1.807, 2.05) is 0 Å². The highest BCUT2D eigenvalue weighted by Gasteiger charge is 2.29. The second kappa shape index (κ2) is 5.70. The molecule has 1 unspecified atom stereocenters. The first-order chi connectivity index (χ1) is 9.69. The van der Waals surface area contributed by atoms with Gasteiger partial charge in [0.05, 0.1) is 0 Å². The van der Waals surface area contributed by atoms with E-state index < -0.39 is 0 Å². The molecule has 2 saturated heterocycles. The van der Waals surface area contributed by atoms with Crippen molar-refractivity contribution < 1.29 is 0 Å². The molecule has 0 radical (unpaired) electrons. The van der Waals surface area contributed by atoms with Crippen molar-refractivity contribution in [1.82, 2.24) is 15.6 Å². The molecular formula is C16H26N4. The molecular weight excluding hydrogens is 248 g/mol. The summed E-state index contributed by atoms with van der Waals surface area (Å²) < 4.78 is 0. The minimum Gasteiger partial charge on any atom is -0.351 e. The van der Waals surface area contributed by atoms with Gasteiger partial charge in [-0.3, -0.25) is 0 Å². The topological polar surface area (TPSA) is 40.2 Å². The van der Waals surface area contributed by atoms with Gasteiger partial charge in [-0.2, -0.15) is 0 Å². The number of anilines is 1. The lowest BCUT2D eigenvalue weighted by molar-refractivity contribution is 0.339. The zero-order valence-corrected chi connectivity index (χ0v) is 12.7. The number of nitrogens with zero attached hydrogens (tertiary/aromatic N) is 2. The van der Waals surface area contributed by atoms with Gasteiger partial charge in [-0.15, -0.1) is 0 Å². The largest absolute Gasteiger partial charge is 0.351 e. The van der Waals surface area contributed by atoms with E-state index in [2.05, 4.69) is 47.7 Å². The number of pyridine rings is 1. The van der Waals surface area contributed by atoms with Crippen LogP contribution in [0, 0.1) is 0 Å². The quantitative estimate of drug-likeness (QED) is 0.858. The monoisotopic (exact) mass is 274 g/mol. The van der Waals surface area contributed by atoms with Crippen molar-refractivity contribution in [2.45, 2.75) is 38.1 Å². The molecule has 4 heteroatoms. The Hall–Kier alpha value is -1.13. The van der Waals surface area contributed by atoms with Crippen LogP contribution in [0.5, 0.6) is 0 Å². The smallest absolute Gasteiger partial charge is 0.128 e. The van der Waals surface area contributed by atoms with Gasteiger partial charge in [0, 0.05) is 43.8 Å². The summed E-state index contributed by atoms with van der Waals surface area (Å²) in [5.74, 6) is 1.12. The molecule has 0 amide bonds. The molecule has 2 aliphatic heterocycles. The third-order valence-electron chi connectivity index (χ3n) is 4.84. The predicted octanol–water partition coefficient (Wildman–Crippen LogP) is 1.52. The molecule has 0 aliphatic carbocycles. The summed E-state index contributed by atoms with van der Waals surface area (Å²) in [7, 11) is 0. The summed E-state index contributed by atoms with van der Waals surface area (Å²) in [6.45, 7) is 9.97. The van der Waals surface area contributed by atoms with Crippen molar-refractivity contribution in [2.24, 2.45) is 0 Å². The number of nitrogens with one attached hydrogen (secondary N) is 2. The van der Waals surface area contributed by atoms with Gasteiger partial charge in [0.15, 0.2) is 0 Å². The highest BCUT2D eigenvalue weighted by Crippen LogP contribution is 2.31. The van der Waals surface area contributed by atoms with Gasteiger partial charge in [0.1, 0.15) is 5.82 Å². The Labute approximate surface area is 122 Å². The molecule has 3 rings (SSSR count).